The molecule has 1 aliphatic rings. The predicted octanol–water partition coefficient (Wildman–Crippen LogP) is 5.01. The SMILES string of the molecule is CCOC(=O)Nc1c(-c2ccc3c(c2)n(C)c(=O)n3C2CCC2)c(-c2cccc(C)c2)nn1C. The average molecular weight is 460 g/mol. The van der Waals surface area contributed by atoms with Crippen LogP contribution in [0.5, 0.6) is 0 Å². The van der Waals surface area contributed by atoms with Crippen LogP contribution in [0.2, 0.25) is 0 Å². The summed E-state index contributed by atoms with van der Waals surface area (Å²) in [6, 6.07) is 14.4. The maximum Gasteiger partial charge on any atom is 0.412 e. The zero-order chi connectivity index (χ0) is 24.0. The summed E-state index contributed by atoms with van der Waals surface area (Å²) in [5.41, 5.74) is 6.26. The predicted molar refractivity (Wildman–Crippen MR) is 133 cm³/mol. The van der Waals surface area contributed by atoms with Crippen molar-refractivity contribution in [3.05, 3.63) is 58.5 Å². The van der Waals surface area contributed by atoms with Gasteiger partial charge in [-0.25, -0.2) is 9.59 Å². The highest BCUT2D eigenvalue weighted by atomic mass is 16.5. The molecule has 1 N–H and O–H groups in total. The molecular formula is C26H29N5O3. The van der Waals surface area contributed by atoms with Crippen molar-refractivity contribution < 1.29 is 9.53 Å². The van der Waals surface area contributed by atoms with E-state index in [2.05, 4.69) is 11.4 Å². The Balaban J connectivity index is 1.72. The van der Waals surface area contributed by atoms with Gasteiger partial charge in [0.25, 0.3) is 0 Å². The van der Waals surface area contributed by atoms with Gasteiger partial charge in [-0.05, 0) is 56.9 Å². The fourth-order valence-electron chi connectivity index (χ4n) is 4.72. The smallest absolute Gasteiger partial charge is 0.412 e. The first-order valence-corrected chi connectivity index (χ1v) is 11.7. The molecule has 8 nitrogen and oxygen atoms in total. The number of benzene rings is 2. The minimum absolute atomic E-state index is 0.00631. The Morgan fingerprint density at radius 1 is 1.12 bits per heavy atom. The molecule has 1 amide bonds. The second-order valence-electron chi connectivity index (χ2n) is 8.91. The summed E-state index contributed by atoms with van der Waals surface area (Å²) < 4.78 is 10.4. The van der Waals surface area contributed by atoms with E-state index in [1.807, 2.05) is 54.9 Å². The molecule has 8 heteroatoms. The van der Waals surface area contributed by atoms with Gasteiger partial charge in [-0.15, -0.1) is 0 Å². The van der Waals surface area contributed by atoms with Gasteiger partial charge in [-0.1, -0.05) is 29.8 Å². The molecule has 1 aliphatic carbocycles. The number of hydrogen-bond acceptors (Lipinski definition) is 4. The molecular weight excluding hydrogens is 430 g/mol. The fraction of sp³-hybridized carbons (Fsp3) is 0.346. The Kier molecular flexibility index (Phi) is 5.51. The third kappa shape index (κ3) is 3.59. The molecule has 0 unspecified atom stereocenters. The van der Waals surface area contributed by atoms with Crippen LogP contribution in [0.25, 0.3) is 33.4 Å². The lowest BCUT2D eigenvalue weighted by molar-refractivity contribution is 0.167. The summed E-state index contributed by atoms with van der Waals surface area (Å²) in [5.74, 6) is 0.540. The number of hydrogen-bond donors (Lipinski definition) is 1. The third-order valence-electron chi connectivity index (χ3n) is 6.65. The minimum Gasteiger partial charge on any atom is -0.450 e. The van der Waals surface area contributed by atoms with E-state index in [0.717, 1.165) is 58.2 Å². The van der Waals surface area contributed by atoms with Crippen LogP contribution < -0.4 is 11.0 Å². The Bertz CT molecular complexity index is 1460. The molecule has 5 rings (SSSR count). The maximum absolute atomic E-state index is 13.0. The first-order valence-electron chi connectivity index (χ1n) is 11.7. The topological polar surface area (TPSA) is 83.1 Å². The molecule has 34 heavy (non-hydrogen) atoms. The van der Waals surface area contributed by atoms with Gasteiger partial charge in [0.2, 0.25) is 0 Å². The average Bonchev–Trinajstić information content (AvgIpc) is 3.22. The van der Waals surface area contributed by atoms with Gasteiger partial charge in [-0.3, -0.25) is 19.1 Å². The van der Waals surface area contributed by atoms with Crippen LogP contribution >= 0.6 is 0 Å². The molecule has 1 saturated carbocycles. The van der Waals surface area contributed by atoms with Crippen molar-refractivity contribution in [3.8, 4) is 22.4 Å². The van der Waals surface area contributed by atoms with E-state index in [4.69, 9.17) is 9.84 Å². The van der Waals surface area contributed by atoms with Crippen molar-refractivity contribution in [1.29, 1.82) is 0 Å². The summed E-state index contributed by atoms with van der Waals surface area (Å²) in [5, 5.41) is 7.62. The fourth-order valence-corrected chi connectivity index (χ4v) is 4.72. The normalized spacial score (nSPS) is 13.8. The van der Waals surface area contributed by atoms with Crippen molar-refractivity contribution >= 4 is 22.9 Å². The van der Waals surface area contributed by atoms with Crippen LogP contribution in [0, 0.1) is 6.92 Å². The zero-order valence-corrected chi connectivity index (χ0v) is 20.0. The zero-order valence-electron chi connectivity index (χ0n) is 20.0. The van der Waals surface area contributed by atoms with Crippen molar-refractivity contribution in [1.82, 2.24) is 18.9 Å². The number of ether oxygens (including phenoxy) is 1. The lowest BCUT2D eigenvalue weighted by Gasteiger charge is -2.26. The number of nitrogens with one attached hydrogen (secondary N) is 1. The van der Waals surface area contributed by atoms with Gasteiger partial charge in [-0.2, -0.15) is 5.10 Å². The van der Waals surface area contributed by atoms with Gasteiger partial charge in [0.05, 0.1) is 23.2 Å². The molecule has 0 radical (unpaired) electrons. The van der Waals surface area contributed by atoms with Crippen molar-refractivity contribution in [2.45, 2.75) is 39.2 Å². The summed E-state index contributed by atoms with van der Waals surface area (Å²) in [4.78, 5) is 25.4. The molecule has 2 aromatic heterocycles. The van der Waals surface area contributed by atoms with Crippen LogP contribution in [0.1, 0.15) is 37.8 Å². The molecule has 1 fully saturated rings. The number of aromatic nitrogens is 4. The Morgan fingerprint density at radius 3 is 2.59 bits per heavy atom. The van der Waals surface area contributed by atoms with E-state index >= 15 is 0 Å². The molecule has 2 aromatic carbocycles. The van der Waals surface area contributed by atoms with Crippen molar-refractivity contribution in [2.75, 3.05) is 11.9 Å². The van der Waals surface area contributed by atoms with Crippen molar-refractivity contribution in [3.63, 3.8) is 0 Å². The quantitative estimate of drug-likeness (QED) is 0.455. The number of anilines is 1. The van der Waals surface area contributed by atoms with Crippen LogP contribution in [0.15, 0.2) is 47.3 Å². The molecule has 2 heterocycles. The molecule has 0 saturated heterocycles. The number of fused-ring (bicyclic) bond motifs is 1. The molecule has 4 aromatic rings. The monoisotopic (exact) mass is 459 g/mol. The maximum atomic E-state index is 13.0. The van der Waals surface area contributed by atoms with E-state index < -0.39 is 6.09 Å². The van der Waals surface area contributed by atoms with Crippen LogP contribution in [-0.2, 0) is 18.8 Å². The van der Waals surface area contributed by atoms with Crippen LogP contribution in [0.3, 0.4) is 0 Å². The Labute approximate surface area is 197 Å². The molecule has 0 aliphatic heterocycles. The number of carbonyl (C=O) groups excluding carboxylic acids is 1. The van der Waals surface area contributed by atoms with Gasteiger partial charge >= 0.3 is 11.8 Å². The summed E-state index contributed by atoms with van der Waals surface area (Å²) in [6.45, 7) is 4.07. The molecule has 0 atom stereocenters. The number of nitrogens with zero attached hydrogens (tertiary/aromatic N) is 4. The van der Waals surface area contributed by atoms with E-state index in [1.165, 1.54) is 0 Å². The molecule has 176 valence electrons. The largest absolute Gasteiger partial charge is 0.450 e. The number of aryl methyl sites for hydroxylation is 3. The lowest BCUT2D eigenvalue weighted by Crippen LogP contribution is -2.29. The van der Waals surface area contributed by atoms with Gasteiger partial charge < -0.3 is 4.74 Å². The van der Waals surface area contributed by atoms with Crippen LogP contribution in [-0.4, -0.2) is 31.6 Å². The van der Waals surface area contributed by atoms with E-state index in [9.17, 15) is 9.59 Å². The van der Waals surface area contributed by atoms with Gasteiger partial charge in [0, 0.05) is 25.7 Å². The number of imidazole rings is 1. The lowest BCUT2D eigenvalue weighted by atomic mass is 9.92. The highest BCUT2D eigenvalue weighted by Crippen LogP contribution is 2.40. The second-order valence-corrected chi connectivity index (χ2v) is 8.91. The first kappa shape index (κ1) is 22.0. The third-order valence-corrected chi connectivity index (χ3v) is 6.65. The van der Waals surface area contributed by atoms with Gasteiger partial charge in [0.1, 0.15) is 11.5 Å². The summed E-state index contributed by atoms with van der Waals surface area (Å²) in [6.07, 6.45) is 2.69. The number of amides is 1. The van der Waals surface area contributed by atoms with E-state index in [0.29, 0.717) is 5.82 Å². The Morgan fingerprint density at radius 2 is 1.91 bits per heavy atom. The summed E-state index contributed by atoms with van der Waals surface area (Å²) >= 11 is 0. The molecule has 0 spiro atoms. The van der Waals surface area contributed by atoms with E-state index in [-0.39, 0.29) is 18.3 Å². The van der Waals surface area contributed by atoms with E-state index in [1.54, 1.807) is 23.2 Å². The van der Waals surface area contributed by atoms with Crippen LogP contribution in [0.4, 0.5) is 10.6 Å². The first-order chi connectivity index (χ1) is 16.4. The highest BCUT2D eigenvalue weighted by molar-refractivity contribution is 5.97. The minimum atomic E-state index is -0.535. The molecule has 0 bridgehead atoms. The number of rotatable bonds is 5. The van der Waals surface area contributed by atoms with Gasteiger partial charge in [0.15, 0.2) is 0 Å². The van der Waals surface area contributed by atoms with Crippen molar-refractivity contribution in [2.24, 2.45) is 14.1 Å². The second kappa shape index (κ2) is 8.52. The number of carbonyl (C=O) groups is 1. The summed E-state index contributed by atoms with van der Waals surface area (Å²) in [7, 11) is 3.61. The standard InChI is InChI=1S/C26H29N5O3/c1-5-34-25(32)27-24-22(23(28-30(24)4)18-9-6-8-16(2)14-18)17-12-13-20-21(15-17)29(3)26(33)31(20)19-10-7-11-19/h6,8-9,12-15,19H,5,7,10-11H2,1-4H3,(H,27,32). The Hall–Kier alpha value is -3.81. The highest BCUT2D eigenvalue weighted by Gasteiger charge is 2.26.